The summed E-state index contributed by atoms with van der Waals surface area (Å²) in [6.45, 7) is 8.30. The van der Waals surface area contributed by atoms with Crippen LogP contribution >= 0.6 is 11.3 Å². The van der Waals surface area contributed by atoms with Crippen molar-refractivity contribution in [3.63, 3.8) is 0 Å². The standard InChI is InChI=1S/C17H23N3OS/c1-12(13-8-6-5-7-9-13)10-15-19-20-16(22-15)18-14(21)11-17(2,3)4/h5-9,12H,10-11H2,1-4H3,(H,18,20,21). The first-order valence-corrected chi connectivity index (χ1v) is 8.32. The Morgan fingerprint density at radius 3 is 2.55 bits per heavy atom. The van der Waals surface area contributed by atoms with E-state index in [-0.39, 0.29) is 11.3 Å². The van der Waals surface area contributed by atoms with Crippen LogP contribution in [0.3, 0.4) is 0 Å². The first-order chi connectivity index (χ1) is 10.3. The second-order valence-corrected chi connectivity index (χ2v) is 7.86. The van der Waals surface area contributed by atoms with Crippen molar-refractivity contribution >= 4 is 22.4 Å². The van der Waals surface area contributed by atoms with Crippen LogP contribution in [-0.2, 0) is 11.2 Å². The van der Waals surface area contributed by atoms with Crippen LogP contribution in [0, 0.1) is 5.41 Å². The van der Waals surface area contributed by atoms with E-state index in [1.54, 1.807) is 0 Å². The molecule has 1 aromatic heterocycles. The highest BCUT2D eigenvalue weighted by Gasteiger charge is 2.17. The number of amides is 1. The fourth-order valence-corrected chi connectivity index (χ4v) is 3.08. The molecule has 1 atom stereocenters. The van der Waals surface area contributed by atoms with Gasteiger partial charge in [0.05, 0.1) is 0 Å². The number of rotatable bonds is 5. The summed E-state index contributed by atoms with van der Waals surface area (Å²) in [5.41, 5.74) is 1.26. The summed E-state index contributed by atoms with van der Waals surface area (Å²) in [5.74, 6) is 0.374. The number of carbonyl (C=O) groups is 1. The predicted molar refractivity (Wildman–Crippen MR) is 91.2 cm³/mol. The van der Waals surface area contributed by atoms with E-state index in [0.717, 1.165) is 11.4 Å². The minimum absolute atomic E-state index is 0.00805. The molecule has 0 fully saturated rings. The van der Waals surface area contributed by atoms with Gasteiger partial charge in [-0.15, -0.1) is 10.2 Å². The highest BCUT2D eigenvalue weighted by molar-refractivity contribution is 7.15. The first-order valence-electron chi connectivity index (χ1n) is 7.51. The molecule has 0 bridgehead atoms. The zero-order valence-corrected chi connectivity index (χ0v) is 14.4. The second-order valence-electron chi connectivity index (χ2n) is 6.80. The second kappa shape index (κ2) is 7.01. The minimum Gasteiger partial charge on any atom is -0.301 e. The van der Waals surface area contributed by atoms with E-state index in [9.17, 15) is 4.79 Å². The maximum Gasteiger partial charge on any atom is 0.226 e. The van der Waals surface area contributed by atoms with E-state index in [1.165, 1.54) is 16.9 Å². The lowest BCUT2D eigenvalue weighted by Gasteiger charge is -2.16. The Hall–Kier alpha value is -1.75. The highest BCUT2D eigenvalue weighted by Crippen LogP contribution is 2.25. The van der Waals surface area contributed by atoms with Gasteiger partial charge < -0.3 is 5.32 Å². The van der Waals surface area contributed by atoms with Gasteiger partial charge in [-0.2, -0.15) is 0 Å². The summed E-state index contributed by atoms with van der Waals surface area (Å²) < 4.78 is 0. The SMILES string of the molecule is CC(Cc1nnc(NC(=O)CC(C)(C)C)s1)c1ccccc1. The molecule has 2 aromatic rings. The third kappa shape index (κ3) is 5.22. The molecule has 5 heteroatoms. The molecule has 22 heavy (non-hydrogen) atoms. The van der Waals surface area contributed by atoms with E-state index < -0.39 is 0 Å². The number of anilines is 1. The summed E-state index contributed by atoms with van der Waals surface area (Å²) >= 11 is 1.46. The molecule has 1 heterocycles. The normalized spacial score (nSPS) is 12.9. The summed E-state index contributed by atoms with van der Waals surface area (Å²) in [7, 11) is 0. The summed E-state index contributed by atoms with van der Waals surface area (Å²) in [6.07, 6.45) is 1.30. The molecule has 0 radical (unpaired) electrons. The van der Waals surface area contributed by atoms with Gasteiger partial charge in [0.2, 0.25) is 11.0 Å². The topological polar surface area (TPSA) is 54.9 Å². The molecule has 0 spiro atoms. The van der Waals surface area contributed by atoms with Gasteiger partial charge >= 0.3 is 0 Å². The highest BCUT2D eigenvalue weighted by atomic mass is 32.1. The third-order valence-corrected chi connectivity index (χ3v) is 4.11. The van der Waals surface area contributed by atoms with Crippen molar-refractivity contribution in [3.8, 4) is 0 Å². The monoisotopic (exact) mass is 317 g/mol. The number of nitrogens with one attached hydrogen (secondary N) is 1. The molecule has 0 saturated carbocycles. The van der Waals surface area contributed by atoms with Gasteiger partial charge in [-0.1, -0.05) is 69.4 Å². The van der Waals surface area contributed by atoms with Crippen LogP contribution < -0.4 is 5.32 Å². The van der Waals surface area contributed by atoms with Gasteiger partial charge in [0.15, 0.2) is 0 Å². The Kier molecular flexibility index (Phi) is 5.29. The number of hydrogen-bond acceptors (Lipinski definition) is 4. The van der Waals surface area contributed by atoms with E-state index in [0.29, 0.717) is 17.5 Å². The predicted octanol–water partition coefficient (Wildman–Crippen LogP) is 4.26. The van der Waals surface area contributed by atoms with E-state index >= 15 is 0 Å². The van der Waals surface area contributed by atoms with E-state index in [4.69, 9.17) is 0 Å². The number of nitrogens with zero attached hydrogens (tertiary/aromatic N) is 2. The van der Waals surface area contributed by atoms with Gasteiger partial charge in [-0.05, 0) is 16.9 Å². The van der Waals surface area contributed by atoms with Crippen molar-refractivity contribution in [1.29, 1.82) is 0 Å². The fraction of sp³-hybridized carbons (Fsp3) is 0.471. The average molecular weight is 317 g/mol. The van der Waals surface area contributed by atoms with Crippen molar-refractivity contribution in [2.45, 2.75) is 46.5 Å². The molecule has 1 N–H and O–H groups in total. The number of benzene rings is 1. The molecule has 4 nitrogen and oxygen atoms in total. The summed E-state index contributed by atoms with van der Waals surface area (Å²) in [5, 5.41) is 12.6. The Bertz CT molecular complexity index is 616. The van der Waals surface area contributed by atoms with Crippen LogP contribution in [0.4, 0.5) is 5.13 Å². The van der Waals surface area contributed by atoms with Gasteiger partial charge in [-0.25, -0.2) is 0 Å². The molecule has 0 aliphatic heterocycles. The van der Waals surface area contributed by atoms with Crippen LogP contribution in [-0.4, -0.2) is 16.1 Å². The van der Waals surface area contributed by atoms with Gasteiger partial charge in [0.25, 0.3) is 0 Å². The molecule has 0 aliphatic carbocycles. The lowest BCUT2D eigenvalue weighted by molar-refractivity contribution is -0.117. The van der Waals surface area contributed by atoms with Crippen LogP contribution in [0.1, 0.15) is 50.6 Å². The number of hydrogen-bond donors (Lipinski definition) is 1. The maximum absolute atomic E-state index is 11.9. The van der Waals surface area contributed by atoms with Crippen LogP contribution in [0.2, 0.25) is 0 Å². The van der Waals surface area contributed by atoms with Gasteiger partial charge in [0.1, 0.15) is 5.01 Å². The Labute approximate surface area is 136 Å². The molecule has 118 valence electrons. The molecule has 1 unspecified atom stereocenters. The van der Waals surface area contributed by atoms with Gasteiger partial charge in [-0.3, -0.25) is 4.79 Å². The molecule has 0 saturated heterocycles. The summed E-state index contributed by atoms with van der Waals surface area (Å²) in [6, 6.07) is 10.4. The lowest BCUT2D eigenvalue weighted by Crippen LogP contribution is -2.19. The molecule has 1 aromatic carbocycles. The summed E-state index contributed by atoms with van der Waals surface area (Å²) in [4.78, 5) is 11.9. The third-order valence-electron chi connectivity index (χ3n) is 3.25. The quantitative estimate of drug-likeness (QED) is 0.896. The molecule has 2 rings (SSSR count). The molecule has 1 amide bonds. The molecule has 0 aliphatic rings. The van der Waals surface area contributed by atoms with Crippen LogP contribution in [0.5, 0.6) is 0 Å². The minimum atomic E-state index is -0.0283. The van der Waals surface area contributed by atoms with E-state index in [2.05, 4.69) is 34.6 Å². The Balaban J connectivity index is 1.93. The first kappa shape index (κ1) is 16.6. The number of aromatic nitrogens is 2. The van der Waals surface area contributed by atoms with Crippen molar-refractivity contribution in [3.05, 3.63) is 40.9 Å². The lowest BCUT2D eigenvalue weighted by atomic mass is 9.92. The Morgan fingerprint density at radius 1 is 1.23 bits per heavy atom. The van der Waals surface area contributed by atoms with Crippen molar-refractivity contribution in [2.24, 2.45) is 5.41 Å². The zero-order valence-electron chi connectivity index (χ0n) is 13.6. The Morgan fingerprint density at radius 2 is 1.91 bits per heavy atom. The molecular weight excluding hydrogens is 294 g/mol. The van der Waals surface area contributed by atoms with Crippen molar-refractivity contribution in [1.82, 2.24) is 10.2 Å². The smallest absolute Gasteiger partial charge is 0.226 e. The largest absolute Gasteiger partial charge is 0.301 e. The number of carbonyl (C=O) groups excluding carboxylic acids is 1. The molecular formula is C17H23N3OS. The maximum atomic E-state index is 11.9. The fourth-order valence-electron chi connectivity index (χ4n) is 2.19. The van der Waals surface area contributed by atoms with Crippen LogP contribution in [0.25, 0.3) is 0 Å². The zero-order chi connectivity index (χ0) is 16.2. The van der Waals surface area contributed by atoms with Crippen LogP contribution in [0.15, 0.2) is 30.3 Å². The van der Waals surface area contributed by atoms with Crippen molar-refractivity contribution in [2.75, 3.05) is 5.32 Å². The average Bonchev–Trinajstić information content (AvgIpc) is 2.84. The van der Waals surface area contributed by atoms with Gasteiger partial charge in [0, 0.05) is 12.8 Å². The van der Waals surface area contributed by atoms with E-state index in [1.807, 2.05) is 39.0 Å². The van der Waals surface area contributed by atoms with Crippen molar-refractivity contribution < 1.29 is 4.79 Å².